The summed E-state index contributed by atoms with van der Waals surface area (Å²) in [6.07, 6.45) is 2.98. The van der Waals surface area contributed by atoms with Gasteiger partial charge in [0, 0.05) is 37.0 Å². The summed E-state index contributed by atoms with van der Waals surface area (Å²) in [5.41, 5.74) is 3.33. The van der Waals surface area contributed by atoms with Crippen LogP contribution < -0.4 is 9.64 Å². The molecule has 0 bridgehead atoms. The van der Waals surface area contributed by atoms with Crippen molar-refractivity contribution in [1.82, 2.24) is 4.98 Å². The maximum Gasteiger partial charge on any atom is 0.232 e. The molecule has 4 rings (SSSR count). The minimum Gasteiger partial charge on any atom is -0.471 e. The topological polar surface area (TPSA) is 45.6 Å². The van der Waals surface area contributed by atoms with E-state index in [1.165, 1.54) is 6.07 Å². The number of benzene rings is 2. The molecule has 6 heteroatoms. The summed E-state index contributed by atoms with van der Waals surface area (Å²) in [5.74, 6) is 0.139. The van der Waals surface area contributed by atoms with E-state index in [1.54, 1.807) is 30.5 Å². The molecule has 0 amide bonds. The van der Waals surface area contributed by atoms with Gasteiger partial charge in [0.05, 0.1) is 6.54 Å². The summed E-state index contributed by atoms with van der Waals surface area (Å²) in [5, 5.41) is 10.0. The standard InChI is InChI=1S/C23H21ClFN2O2/c24-20-5-3-11-26-23(20)29-18-9-12-27(15-18)22-8-7-16(14-17(22)10-13-28)19-4-1-2-6-21(19)25/h1,3-8,11,14,18,28H,9-10,12-13,15H2/t18-/m0/s1. The van der Waals surface area contributed by atoms with E-state index in [9.17, 15) is 9.50 Å². The van der Waals surface area contributed by atoms with Gasteiger partial charge >= 0.3 is 0 Å². The van der Waals surface area contributed by atoms with Gasteiger partial charge in [0.1, 0.15) is 16.9 Å². The van der Waals surface area contributed by atoms with Crippen LogP contribution in [0.1, 0.15) is 12.0 Å². The lowest BCUT2D eigenvalue weighted by Crippen LogP contribution is -2.25. The van der Waals surface area contributed by atoms with Crippen LogP contribution >= 0.6 is 11.6 Å². The van der Waals surface area contributed by atoms with E-state index in [-0.39, 0.29) is 18.5 Å². The van der Waals surface area contributed by atoms with Crippen molar-refractivity contribution < 1.29 is 14.2 Å². The Balaban J connectivity index is 1.55. The summed E-state index contributed by atoms with van der Waals surface area (Å²) < 4.78 is 20.1. The number of halogens is 2. The Kier molecular flexibility index (Phi) is 5.97. The van der Waals surface area contributed by atoms with Crippen LogP contribution in [0.25, 0.3) is 11.1 Å². The monoisotopic (exact) mass is 411 g/mol. The number of rotatable bonds is 6. The number of aliphatic hydroxyl groups is 1. The average molecular weight is 412 g/mol. The Morgan fingerprint density at radius 1 is 1.31 bits per heavy atom. The molecule has 0 aliphatic carbocycles. The molecule has 1 fully saturated rings. The highest BCUT2D eigenvalue weighted by molar-refractivity contribution is 6.31. The van der Waals surface area contributed by atoms with Crippen LogP contribution in [-0.2, 0) is 6.42 Å². The van der Waals surface area contributed by atoms with Crippen LogP contribution in [0, 0.1) is 11.9 Å². The molecule has 0 unspecified atom stereocenters. The van der Waals surface area contributed by atoms with Gasteiger partial charge in [-0.25, -0.2) is 9.37 Å². The first kappa shape index (κ1) is 19.7. The highest BCUT2D eigenvalue weighted by Gasteiger charge is 2.26. The normalized spacial score (nSPS) is 16.2. The van der Waals surface area contributed by atoms with Crippen molar-refractivity contribution in [2.45, 2.75) is 18.9 Å². The van der Waals surface area contributed by atoms with E-state index in [0.717, 1.165) is 29.8 Å². The van der Waals surface area contributed by atoms with E-state index < -0.39 is 0 Å². The van der Waals surface area contributed by atoms with Gasteiger partial charge in [0.25, 0.3) is 0 Å². The third-order valence-corrected chi connectivity index (χ3v) is 5.36. The molecule has 2 heterocycles. The van der Waals surface area contributed by atoms with Crippen molar-refractivity contribution in [3.8, 4) is 17.0 Å². The molecule has 1 aliphatic rings. The molecule has 0 saturated carbocycles. The first-order valence-corrected chi connectivity index (χ1v) is 9.95. The maximum absolute atomic E-state index is 14.2. The number of anilines is 1. The minimum atomic E-state index is -0.308. The summed E-state index contributed by atoms with van der Waals surface area (Å²) in [6.45, 7) is 1.54. The Labute approximate surface area is 174 Å². The highest BCUT2D eigenvalue weighted by atomic mass is 35.5. The van der Waals surface area contributed by atoms with Crippen molar-refractivity contribution >= 4 is 17.3 Å². The third-order valence-electron chi connectivity index (χ3n) is 5.07. The SMILES string of the molecule is OCCc1cc(-c2cc[c]cc2F)ccc1N1CC[C@H](Oc2ncccc2Cl)C1. The largest absolute Gasteiger partial charge is 0.471 e. The lowest BCUT2D eigenvalue weighted by molar-refractivity contribution is 0.216. The Bertz CT molecular complexity index is 998. The molecule has 4 nitrogen and oxygen atoms in total. The first-order chi connectivity index (χ1) is 14.2. The molecule has 3 aromatic rings. The van der Waals surface area contributed by atoms with Crippen LogP contribution in [0.15, 0.2) is 54.7 Å². The van der Waals surface area contributed by atoms with Crippen LogP contribution in [0.2, 0.25) is 5.02 Å². The summed E-state index contributed by atoms with van der Waals surface area (Å²) in [6, 6.07) is 16.9. The van der Waals surface area contributed by atoms with Crippen molar-refractivity contribution in [3.63, 3.8) is 0 Å². The number of aliphatic hydroxyl groups excluding tert-OH is 1. The van der Waals surface area contributed by atoms with Crippen LogP contribution in [0.4, 0.5) is 10.1 Å². The van der Waals surface area contributed by atoms with E-state index in [1.807, 2.05) is 18.2 Å². The molecular weight excluding hydrogens is 391 g/mol. The summed E-state index contributed by atoms with van der Waals surface area (Å²) in [4.78, 5) is 6.42. The second kappa shape index (κ2) is 8.80. The lowest BCUT2D eigenvalue weighted by Gasteiger charge is -2.23. The smallest absolute Gasteiger partial charge is 0.232 e. The van der Waals surface area contributed by atoms with Gasteiger partial charge in [-0.15, -0.1) is 0 Å². The molecule has 1 saturated heterocycles. The number of aromatic nitrogens is 1. The fourth-order valence-electron chi connectivity index (χ4n) is 3.69. The van der Waals surface area contributed by atoms with Gasteiger partial charge in [0.2, 0.25) is 5.88 Å². The van der Waals surface area contributed by atoms with Crippen LogP contribution in [0.5, 0.6) is 5.88 Å². The predicted octanol–water partition coefficient (Wildman–Crippen LogP) is 4.53. The average Bonchev–Trinajstić information content (AvgIpc) is 3.19. The van der Waals surface area contributed by atoms with Crippen molar-refractivity contribution in [3.05, 3.63) is 77.2 Å². The zero-order valence-corrected chi connectivity index (χ0v) is 16.6. The number of ether oxygens (including phenoxy) is 1. The van der Waals surface area contributed by atoms with Gasteiger partial charge in [-0.3, -0.25) is 0 Å². The van der Waals surface area contributed by atoms with Gasteiger partial charge in [0.15, 0.2) is 0 Å². The second-order valence-electron chi connectivity index (χ2n) is 6.99. The van der Waals surface area contributed by atoms with E-state index in [0.29, 0.717) is 29.4 Å². The van der Waals surface area contributed by atoms with Gasteiger partial charge in [-0.2, -0.15) is 0 Å². The molecule has 1 aliphatic heterocycles. The zero-order chi connectivity index (χ0) is 20.2. The second-order valence-corrected chi connectivity index (χ2v) is 7.40. The van der Waals surface area contributed by atoms with Crippen LogP contribution in [-0.4, -0.2) is 35.9 Å². The van der Waals surface area contributed by atoms with Crippen molar-refractivity contribution in [2.24, 2.45) is 0 Å². The zero-order valence-electron chi connectivity index (χ0n) is 15.8. The van der Waals surface area contributed by atoms with E-state index >= 15 is 0 Å². The van der Waals surface area contributed by atoms with Crippen molar-refractivity contribution in [2.75, 3.05) is 24.6 Å². The predicted molar refractivity (Wildman–Crippen MR) is 112 cm³/mol. The summed E-state index contributed by atoms with van der Waals surface area (Å²) in [7, 11) is 0. The molecule has 29 heavy (non-hydrogen) atoms. The van der Waals surface area contributed by atoms with Gasteiger partial charge in [-0.1, -0.05) is 29.8 Å². The van der Waals surface area contributed by atoms with E-state index in [2.05, 4.69) is 16.0 Å². The molecule has 1 N–H and O–H groups in total. The Morgan fingerprint density at radius 2 is 2.21 bits per heavy atom. The summed E-state index contributed by atoms with van der Waals surface area (Å²) >= 11 is 6.15. The first-order valence-electron chi connectivity index (χ1n) is 9.57. The number of pyridine rings is 1. The highest BCUT2D eigenvalue weighted by Crippen LogP contribution is 2.32. The molecule has 2 aromatic carbocycles. The number of nitrogens with zero attached hydrogens (tertiary/aromatic N) is 2. The molecule has 0 spiro atoms. The van der Waals surface area contributed by atoms with Gasteiger partial charge in [-0.05, 0) is 53.9 Å². The molecule has 1 aromatic heterocycles. The van der Waals surface area contributed by atoms with Crippen LogP contribution in [0.3, 0.4) is 0 Å². The molecule has 1 radical (unpaired) electrons. The number of hydrogen-bond donors (Lipinski definition) is 1. The Morgan fingerprint density at radius 3 is 3.00 bits per heavy atom. The third kappa shape index (κ3) is 4.36. The van der Waals surface area contributed by atoms with E-state index in [4.69, 9.17) is 16.3 Å². The molecule has 1 atom stereocenters. The molecule has 149 valence electrons. The number of hydrogen-bond acceptors (Lipinski definition) is 4. The fourth-order valence-corrected chi connectivity index (χ4v) is 3.85. The minimum absolute atomic E-state index is 0.0221. The van der Waals surface area contributed by atoms with Gasteiger partial charge < -0.3 is 14.7 Å². The Hall–Kier alpha value is -2.63. The molecular formula is C23H21ClFN2O2. The quantitative estimate of drug-likeness (QED) is 0.647. The lowest BCUT2D eigenvalue weighted by atomic mass is 9.99. The fraction of sp³-hybridized carbons (Fsp3) is 0.261. The van der Waals surface area contributed by atoms with Crippen molar-refractivity contribution in [1.29, 1.82) is 0 Å². The maximum atomic E-state index is 14.2.